The van der Waals surface area contributed by atoms with Gasteiger partial charge in [-0.3, -0.25) is 0 Å². The Morgan fingerprint density at radius 2 is 2.00 bits per heavy atom. The molecule has 0 aliphatic heterocycles. The first-order chi connectivity index (χ1) is 9.54. The molecular formula is C17H23NO2. The van der Waals surface area contributed by atoms with Crippen LogP contribution in [0.25, 0.3) is 0 Å². The fourth-order valence-electron chi connectivity index (χ4n) is 2.69. The molecule has 1 saturated carbocycles. The molecule has 0 N–H and O–H groups in total. The molecule has 20 heavy (non-hydrogen) atoms. The molecule has 0 spiro atoms. The molecule has 0 saturated heterocycles. The molecule has 1 aromatic rings. The molecule has 0 bridgehead atoms. The van der Waals surface area contributed by atoms with Crippen molar-refractivity contribution in [1.29, 1.82) is 5.26 Å². The first-order valence-corrected chi connectivity index (χ1v) is 7.23. The number of nitriles is 1. The molecule has 3 nitrogen and oxygen atoms in total. The molecule has 1 aromatic carbocycles. The molecule has 108 valence electrons. The fraction of sp³-hybridized carbons (Fsp3) is 0.588. The summed E-state index contributed by atoms with van der Waals surface area (Å²) in [7, 11) is 1.58. The smallest absolute Gasteiger partial charge is 0.136 e. The first kappa shape index (κ1) is 14.9. The molecular weight excluding hydrogens is 250 g/mol. The van der Waals surface area contributed by atoms with Crippen LogP contribution in [0, 0.1) is 16.7 Å². The lowest BCUT2D eigenvalue weighted by atomic mass is 9.76. The second kappa shape index (κ2) is 6.28. The first-order valence-electron chi connectivity index (χ1n) is 7.23. The highest BCUT2D eigenvalue weighted by Gasteiger charge is 2.27. The largest absolute Gasteiger partial charge is 0.495 e. The van der Waals surface area contributed by atoms with Crippen molar-refractivity contribution >= 4 is 0 Å². The van der Waals surface area contributed by atoms with Gasteiger partial charge >= 0.3 is 0 Å². The summed E-state index contributed by atoms with van der Waals surface area (Å²) in [6, 6.07) is 7.81. The Labute approximate surface area is 121 Å². The van der Waals surface area contributed by atoms with E-state index in [-0.39, 0.29) is 0 Å². The number of nitrogens with zero attached hydrogens (tertiary/aromatic N) is 1. The van der Waals surface area contributed by atoms with Crippen LogP contribution in [0.2, 0.25) is 0 Å². The van der Waals surface area contributed by atoms with Crippen LogP contribution in [0.15, 0.2) is 18.2 Å². The lowest BCUT2D eigenvalue weighted by Gasteiger charge is -2.34. The van der Waals surface area contributed by atoms with E-state index in [2.05, 4.69) is 19.9 Å². The number of ether oxygens (including phenoxy) is 2. The Hall–Kier alpha value is -1.53. The van der Waals surface area contributed by atoms with Crippen molar-refractivity contribution in [3.63, 3.8) is 0 Å². The van der Waals surface area contributed by atoms with Crippen molar-refractivity contribution < 1.29 is 9.47 Å². The highest BCUT2D eigenvalue weighted by Crippen LogP contribution is 2.36. The van der Waals surface area contributed by atoms with Gasteiger partial charge in [0.2, 0.25) is 0 Å². The predicted molar refractivity (Wildman–Crippen MR) is 78.5 cm³/mol. The monoisotopic (exact) mass is 273 g/mol. The summed E-state index contributed by atoms with van der Waals surface area (Å²) in [6.45, 7) is 5.22. The van der Waals surface area contributed by atoms with E-state index in [1.807, 2.05) is 18.2 Å². The van der Waals surface area contributed by atoms with E-state index in [9.17, 15) is 0 Å². The van der Waals surface area contributed by atoms with E-state index in [0.717, 1.165) is 18.4 Å². The van der Waals surface area contributed by atoms with Crippen LogP contribution in [0.5, 0.6) is 5.75 Å². The van der Waals surface area contributed by atoms with Crippen LogP contribution in [0.3, 0.4) is 0 Å². The minimum atomic E-state index is 0.357. The summed E-state index contributed by atoms with van der Waals surface area (Å²) in [5, 5.41) is 9.08. The van der Waals surface area contributed by atoms with E-state index < -0.39 is 0 Å². The van der Waals surface area contributed by atoms with Gasteiger partial charge in [0.1, 0.15) is 11.8 Å². The second-order valence-corrected chi connectivity index (χ2v) is 6.32. The third-order valence-electron chi connectivity index (χ3n) is 4.16. The maximum atomic E-state index is 9.08. The van der Waals surface area contributed by atoms with Crippen LogP contribution >= 0.6 is 0 Å². The minimum Gasteiger partial charge on any atom is -0.495 e. The molecule has 1 aliphatic rings. The topological polar surface area (TPSA) is 42.2 Å². The third-order valence-corrected chi connectivity index (χ3v) is 4.16. The fourth-order valence-corrected chi connectivity index (χ4v) is 2.69. The summed E-state index contributed by atoms with van der Waals surface area (Å²) in [6.07, 6.45) is 5.08. The van der Waals surface area contributed by atoms with E-state index in [4.69, 9.17) is 14.7 Å². The molecule has 1 aliphatic carbocycles. The number of rotatable bonds is 4. The predicted octanol–water partition coefficient (Wildman–Crippen LogP) is 4.05. The van der Waals surface area contributed by atoms with Gasteiger partial charge in [0, 0.05) is 0 Å². The average molecular weight is 273 g/mol. The summed E-state index contributed by atoms with van der Waals surface area (Å²) >= 11 is 0. The Morgan fingerprint density at radius 1 is 1.30 bits per heavy atom. The molecule has 0 radical (unpaired) electrons. The molecule has 0 atom stereocenters. The third kappa shape index (κ3) is 3.74. The molecule has 0 amide bonds. The highest BCUT2D eigenvalue weighted by molar-refractivity contribution is 5.45. The number of benzene rings is 1. The zero-order valence-electron chi connectivity index (χ0n) is 12.6. The zero-order chi connectivity index (χ0) is 14.6. The highest BCUT2D eigenvalue weighted by atomic mass is 16.5. The number of hydrogen-bond acceptors (Lipinski definition) is 3. The number of hydrogen-bond donors (Lipinski definition) is 0. The van der Waals surface area contributed by atoms with E-state index in [1.54, 1.807) is 7.11 Å². The van der Waals surface area contributed by atoms with Gasteiger partial charge in [-0.05, 0) is 48.8 Å². The van der Waals surface area contributed by atoms with E-state index in [0.29, 0.717) is 29.4 Å². The second-order valence-electron chi connectivity index (χ2n) is 6.32. The molecule has 0 unspecified atom stereocenters. The summed E-state index contributed by atoms with van der Waals surface area (Å²) in [5.74, 6) is 0.621. The maximum Gasteiger partial charge on any atom is 0.136 e. The van der Waals surface area contributed by atoms with Gasteiger partial charge in [0.05, 0.1) is 25.4 Å². The van der Waals surface area contributed by atoms with Gasteiger partial charge in [-0.2, -0.15) is 5.26 Å². The van der Waals surface area contributed by atoms with Crippen molar-refractivity contribution in [2.45, 2.75) is 52.2 Å². The quantitative estimate of drug-likeness (QED) is 0.831. The minimum absolute atomic E-state index is 0.357. The van der Waals surface area contributed by atoms with Crippen molar-refractivity contribution in [1.82, 2.24) is 0 Å². The van der Waals surface area contributed by atoms with Crippen molar-refractivity contribution in [2.24, 2.45) is 5.41 Å². The number of methoxy groups -OCH3 is 1. The average Bonchev–Trinajstić information content (AvgIpc) is 2.45. The summed E-state index contributed by atoms with van der Waals surface area (Å²) in [5.41, 5.74) is 2.07. The van der Waals surface area contributed by atoms with Crippen molar-refractivity contribution in [3.8, 4) is 11.8 Å². The van der Waals surface area contributed by atoms with Gasteiger partial charge in [-0.1, -0.05) is 19.9 Å². The van der Waals surface area contributed by atoms with E-state index >= 15 is 0 Å². The van der Waals surface area contributed by atoms with Crippen LogP contribution in [0.1, 0.15) is 50.7 Å². The Balaban J connectivity index is 1.90. The Bertz CT molecular complexity index is 492. The Kier molecular flexibility index (Phi) is 4.67. The van der Waals surface area contributed by atoms with Crippen LogP contribution < -0.4 is 4.74 Å². The summed E-state index contributed by atoms with van der Waals surface area (Å²) < 4.78 is 11.1. The van der Waals surface area contributed by atoms with Gasteiger partial charge < -0.3 is 9.47 Å². The van der Waals surface area contributed by atoms with Crippen LogP contribution in [-0.2, 0) is 11.3 Å². The molecule has 2 rings (SSSR count). The van der Waals surface area contributed by atoms with Gasteiger partial charge in [0.25, 0.3) is 0 Å². The van der Waals surface area contributed by atoms with Crippen LogP contribution in [0.4, 0.5) is 0 Å². The molecule has 0 heterocycles. The molecule has 3 heteroatoms. The Morgan fingerprint density at radius 3 is 2.60 bits per heavy atom. The van der Waals surface area contributed by atoms with Crippen LogP contribution in [-0.4, -0.2) is 13.2 Å². The lowest BCUT2D eigenvalue weighted by Crippen LogP contribution is -2.26. The van der Waals surface area contributed by atoms with Crippen molar-refractivity contribution in [2.75, 3.05) is 7.11 Å². The SMILES string of the molecule is COc1ccc(COC2CCC(C)(C)CC2)cc1C#N. The zero-order valence-corrected chi connectivity index (χ0v) is 12.6. The lowest BCUT2D eigenvalue weighted by molar-refractivity contribution is -0.00560. The van der Waals surface area contributed by atoms with Crippen molar-refractivity contribution in [3.05, 3.63) is 29.3 Å². The molecule has 1 fully saturated rings. The normalized spacial score (nSPS) is 18.5. The molecule has 0 aromatic heterocycles. The maximum absolute atomic E-state index is 9.08. The van der Waals surface area contributed by atoms with Gasteiger partial charge in [-0.15, -0.1) is 0 Å². The van der Waals surface area contributed by atoms with Gasteiger partial charge in [0.15, 0.2) is 0 Å². The van der Waals surface area contributed by atoms with Gasteiger partial charge in [-0.25, -0.2) is 0 Å². The summed E-state index contributed by atoms with van der Waals surface area (Å²) in [4.78, 5) is 0. The standard InChI is InChI=1S/C17H23NO2/c1-17(2)8-6-15(7-9-17)20-12-13-4-5-16(19-3)14(10-13)11-18/h4-5,10,15H,6-9,12H2,1-3H3. The van der Waals surface area contributed by atoms with E-state index in [1.165, 1.54) is 12.8 Å².